The quantitative estimate of drug-likeness (QED) is 0.198. The first kappa shape index (κ1) is 26.7. The normalized spacial score (nSPS) is 11.8. The van der Waals surface area contributed by atoms with Crippen LogP contribution < -0.4 is 0 Å². The number of furan rings is 1. The zero-order chi connectivity index (χ0) is 31.6. The van der Waals surface area contributed by atoms with Crippen LogP contribution >= 0.6 is 0 Å². The maximum absolute atomic E-state index is 6.74. The van der Waals surface area contributed by atoms with Gasteiger partial charge in [0.2, 0.25) is 11.7 Å². The van der Waals surface area contributed by atoms with Crippen molar-refractivity contribution in [1.82, 2.24) is 14.5 Å². The molecule has 10 rings (SSSR count). The first-order valence-corrected chi connectivity index (χ1v) is 16.2. The molecular formula is C44H27N3O. The van der Waals surface area contributed by atoms with Crippen LogP contribution in [0.1, 0.15) is 0 Å². The molecule has 3 heterocycles. The van der Waals surface area contributed by atoms with Gasteiger partial charge in [0, 0.05) is 21.7 Å². The number of para-hydroxylation sites is 1. The summed E-state index contributed by atoms with van der Waals surface area (Å²) in [4.78, 5) is 10.6. The summed E-state index contributed by atoms with van der Waals surface area (Å²) in [7, 11) is 0. The molecule has 3 aromatic heterocycles. The van der Waals surface area contributed by atoms with Crippen LogP contribution in [-0.4, -0.2) is 14.5 Å². The van der Waals surface area contributed by atoms with Crippen molar-refractivity contribution in [3.8, 4) is 39.5 Å². The molecule has 10 aromatic rings. The largest absolute Gasteiger partial charge is 0.437 e. The van der Waals surface area contributed by atoms with Crippen LogP contribution in [0.15, 0.2) is 168 Å². The van der Waals surface area contributed by atoms with E-state index in [1.54, 1.807) is 0 Å². The van der Waals surface area contributed by atoms with Gasteiger partial charge in [-0.2, -0.15) is 4.98 Å². The van der Waals surface area contributed by atoms with Gasteiger partial charge in [-0.25, -0.2) is 4.98 Å². The van der Waals surface area contributed by atoms with Gasteiger partial charge < -0.3 is 4.42 Å². The first-order chi connectivity index (χ1) is 23.8. The molecule has 0 aliphatic rings. The molecule has 48 heavy (non-hydrogen) atoms. The summed E-state index contributed by atoms with van der Waals surface area (Å²) in [6.07, 6.45) is 0. The molecule has 224 valence electrons. The van der Waals surface area contributed by atoms with E-state index in [1.807, 2.05) is 12.1 Å². The van der Waals surface area contributed by atoms with Crippen LogP contribution in [0.3, 0.4) is 0 Å². The van der Waals surface area contributed by atoms with Crippen molar-refractivity contribution in [1.29, 1.82) is 0 Å². The van der Waals surface area contributed by atoms with Crippen molar-refractivity contribution in [2.75, 3.05) is 0 Å². The van der Waals surface area contributed by atoms with Crippen LogP contribution in [0.5, 0.6) is 0 Å². The monoisotopic (exact) mass is 613 g/mol. The molecule has 0 radical (unpaired) electrons. The Morgan fingerprint density at radius 1 is 0.438 bits per heavy atom. The fourth-order valence-corrected chi connectivity index (χ4v) is 7.20. The molecule has 4 nitrogen and oxygen atoms in total. The summed E-state index contributed by atoms with van der Waals surface area (Å²) in [5.41, 5.74) is 9.81. The van der Waals surface area contributed by atoms with Gasteiger partial charge in [0.1, 0.15) is 5.58 Å². The third-order valence-electron chi connectivity index (χ3n) is 9.42. The predicted octanol–water partition coefficient (Wildman–Crippen LogP) is 11.6. The van der Waals surface area contributed by atoms with Crippen LogP contribution in [0.25, 0.3) is 94.1 Å². The fourth-order valence-electron chi connectivity index (χ4n) is 7.20. The van der Waals surface area contributed by atoms with Gasteiger partial charge in [0.25, 0.3) is 0 Å². The molecule has 0 fully saturated rings. The van der Waals surface area contributed by atoms with Crippen molar-refractivity contribution < 1.29 is 4.42 Å². The molecule has 0 saturated carbocycles. The van der Waals surface area contributed by atoms with Crippen LogP contribution in [0, 0.1) is 0 Å². The van der Waals surface area contributed by atoms with E-state index in [0.29, 0.717) is 11.7 Å². The van der Waals surface area contributed by atoms with Gasteiger partial charge in [-0.05, 0) is 63.4 Å². The van der Waals surface area contributed by atoms with E-state index in [-0.39, 0.29) is 0 Å². The molecular weight excluding hydrogens is 587 g/mol. The molecule has 0 spiro atoms. The van der Waals surface area contributed by atoms with Gasteiger partial charge in [0.05, 0.1) is 22.1 Å². The van der Waals surface area contributed by atoms with Crippen molar-refractivity contribution in [2.45, 2.75) is 0 Å². The number of aromatic nitrogens is 3. The second kappa shape index (κ2) is 10.5. The van der Waals surface area contributed by atoms with Crippen molar-refractivity contribution >= 4 is 54.6 Å². The summed E-state index contributed by atoms with van der Waals surface area (Å²) >= 11 is 0. The van der Waals surface area contributed by atoms with Crippen molar-refractivity contribution in [3.05, 3.63) is 164 Å². The molecule has 0 N–H and O–H groups in total. The average molecular weight is 614 g/mol. The topological polar surface area (TPSA) is 43.9 Å². The summed E-state index contributed by atoms with van der Waals surface area (Å²) in [6, 6.07) is 57.3. The van der Waals surface area contributed by atoms with E-state index in [9.17, 15) is 0 Å². The maximum Gasteiger partial charge on any atom is 0.238 e. The van der Waals surface area contributed by atoms with E-state index in [2.05, 4.69) is 156 Å². The highest BCUT2D eigenvalue weighted by atomic mass is 16.3. The zero-order valence-electron chi connectivity index (χ0n) is 25.8. The van der Waals surface area contributed by atoms with E-state index < -0.39 is 0 Å². The molecule has 7 aromatic carbocycles. The Bertz CT molecular complexity index is 2820. The summed E-state index contributed by atoms with van der Waals surface area (Å²) in [5.74, 6) is 0.577. The number of hydrogen-bond donors (Lipinski definition) is 0. The molecule has 0 bridgehead atoms. The fraction of sp³-hybridized carbons (Fsp3) is 0. The minimum absolute atomic E-state index is 0.560. The van der Waals surface area contributed by atoms with E-state index in [4.69, 9.17) is 14.4 Å². The third-order valence-corrected chi connectivity index (χ3v) is 9.42. The maximum atomic E-state index is 6.74. The van der Waals surface area contributed by atoms with Gasteiger partial charge in [-0.3, -0.25) is 4.57 Å². The smallest absolute Gasteiger partial charge is 0.238 e. The molecule has 0 atom stereocenters. The number of hydrogen-bond acceptors (Lipinski definition) is 3. The van der Waals surface area contributed by atoms with Crippen LogP contribution in [0.2, 0.25) is 0 Å². The number of rotatable bonds is 4. The lowest BCUT2D eigenvalue weighted by Gasteiger charge is -2.12. The summed E-state index contributed by atoms with van der Waals surface area (Å²) < 4.78 is 8.92. The molecule has 0 amide bonds. The van der Waals surface area contributed by atoms with Crippen LogP contribution in [0.4, 0.5) is 0 Å². The minimum atomic E-state index is 0.560. The lowest BCUT2D eigenvalue weighted by atomic mass is 9.92. The number of benzene rings is 7. The second-order valence-corrected chi connectivity index (χ2v) is 12.2. The molecule has 4 heteroatoms. The summed E-state index contributed by atoms with van der Waals surface area (Å²) in [5, 5.41) is 6.59. The zero-order valence-corrected chi connectivity index (χ0v) is 25.8. The van der Waals surface area contributed by atoms with Gasteiger partial charge in [-0.15, -0.1) is 0 Å². The Labute approximate surface area is 276 Å². The van der Waals surface area contributed by atoms with E-state index in [0.717, 1.165) is 66.3 Å². The Kier molecular flexibility index (Phi) is 5.84. The van der Waals surface area contributed by atoms with Gasteiger partial charge in [-0.1, -0.05) is 133 Å². The second-order valence-electron chi connectivity index (χ2n) is 12.2. The highest BCUT2D eigenvalue weighted by Crippen LogP contribution is 2.42. The Morgan fingerprint density at radius 3 is 1.73 bits per heavy atom. The highest BCUT2D eigenvalue weighted by molar-refractivity contribution is 6.15. The van der Waals surface area contributed by atoms with Crippen molar-refractivity contribution in [2.24, 2.45) is 0 Å². The van der Waals surface area contributed by atoms with Gasteiger partial charge in [0.15, 0.2) is 0 Å². The third kappa shape index (κ3) is 4.10. The minimum Gasteiger partial charge on any atom is -0.437 e. The number of fused-ring (bicyclic) bond motifs is 7. The highest BCUT2D eigenvalue weighted by Gasteiger charge is 2.23. The lowest BCUT2D eigenvalue weighted by Crippen LogP contribution is -2.02. The number of nitrogens with zero attached hydrogens (tertiary/aromatic N) is 3. The molecule has 0 unspecified atom stereocenters. The molecule has 0 aliphatic carbocycles. The molecule has 0 saturated heterocycles. The Hall–Kier alpha value is -6.52. The van der Waals surface area contributed by atoms with Gasteiger partial charge >= 0.3 is 0 Å². The summed E-state index contributed by atoms with van der Waals surface area (Å²) in [6.45, 7) is 0. The van der Waals surface area contributed by atoms with Crippen molar-refractivity contribution in [3.63, 3.8) is 0 Å². The predicted molar refractivity (Wildman–Crippen MR) is 197 cm³/mol. The Balaban J connectivity index is 1.32. The Morgan fingerprint density at radius 2 is 1.02 bits per heavy atom. The lowest BCUT2D eigenvalue weighted by molar-refractivity contribution is 0.651. The van der Waals surface area contributed by atoms with E-state index >= 15 is 0 Å². The SMILES string of the molecule is c1ccc(-c2cc3oc4nc(-n5c6ccccc6c6cc7ccccc7cc65)nc(-c5ccccc5)c4c3cc2-c2ccccc2)cc1. The average Bonchev–Trinajstić information content (AvgIpc) is 3.68. The standard InChI is InChI=1S/C44H27N3O/c1-4-14-28(15-5-1)34-26-37-40(27-35(34)29-16-6-2-7-17-29)48-43-41(37)42(30-18-8-3-9-19-30)45-44(46-43)47-38-23-13-12-22-33(38)36-24-31-20-10-11-21-32(31)25-39(36)47/h1-27H. The van der Waals surface area contributed by atoms with E-state index in [1.165, 1.54) is 16.2 Å². The first-order valence-electron chi connectivity index (χ1n) is 16.2. The van der Waals surface area contributed by atoms with Crippen LogP contribution in [-0.2, 0) is 0 Å². The molecule has 0 aliphatic heterocycles.